The fourth-order valence-electron chi connectivity index (χ4n) is 3.66. The number of allylic oxidation sites excluding steroid dienone is 2. The van der Waals surface area contributed by atoms with Crippen molar-refractivity contribution in [2.45, 2.75) is 26.4 Å². The van der Waals surface area contributed by atoms with E-state index >= 15 is 0 Å². The average Bonchev–Trinajstić information content (AvgIpc) is 3.13. The van der Waals surface area contributed by atoms with E-state index in [1.807, 2.05) is 12.1 Å². The standard InChI is InChI=1S/C27H20N4O4/c1-18(32)31(22-7-5-4-6-8-22)14-13-25-24(17-30)26(20(15-28)16-29)35-27(25,3)21-9-11-23(12-10-21)34-19(2)33/h4-14H,1-3H3. The van der Waals surface area contributed by atoms with Gasteiger partial charge in [-0.15, -0.1) is 0 Å². The second kappa shape index (κ2) is 10.2. The summed E-state index contributed by atoms with van der Waals surface area (Å²) >= 11 is 0. The molecule has 1 unspecified atom stereocenters. The van der Waals surface area contributed by atoms with Gasteiger partial charge in [0.2, 0.25) is 5.91 Å². The molecule has 0 spiro atoms. The van der Waals surface area contributed by atoms with Crippen LogP contribution in [-0.4, -0.2) is 11.9 Å². The smallest absolute Gasteiger partial charge is 0.308 e. The third-order valence-electron chi connectivity index (χ3n) is 5.31. The van der Waals surface area contributed by atoms with Gasteiger partial charge in [0.05, 0.1) is 0 Å². The number of ether oxygens (including phenoxy) is 2. The highest BCUT2D eigenvalue weighted by Gasteiger charge is 2.44. The van der Waals surface area contributed by atoms with Crippen molar-refractivity contribution in [1.29, 1.82) is 15.8 Å². The lowest BCUT2D eigenvalue weighted by Gasteiger charge is -2.27. The number of nitriles is 3. The number of hydrogen-bond donors (Lipinski definition) is 0. The van der Waals surface area contributed by atoms with Gasteiger partial charge in [-0.3, -0.25) is 14.5 Å². The van der Waals surface area contributed by atoms with E-state index in [2.05, 4.69) is 0 Å². The SMILES string of the molecule is CC(=O)Oc1ccc(C2(C)OC(=C(C#N)C#N)C(C#N)=C2C=CN(C(C)=O)c2ccccc2)cc1. The molecule has 2 aromatic rings. The molecule has 1 aliphatic heterocycles. The summed E-state index contributed by atoms with van der Waals surface area (Å²) in [5, 5.41) is 28.8. The molecule has 8 heteroatoms. The predicted molar refractivity (Wildman–Crippen MR) is 126 cm³/mol. The molecule has 8 nitrogen and oxygen atoms in total. The van der Waals surface area contributed by atoms with Crippen LogP contribution in [0.25, 0.3) is 0 Å². The Morgan fingerprint density at radius 1 is 1.00 bits per heavy atom. The van der Waals surface area contributed by atoms with E-state index in [1.165, 1.54) is 24.9 Å². The Balaban J connectivity index is 2.18. The molecule has 1 amide bonds. The number of carbonyl (C=O) groups is 2. The molecule has 1 atom stereocenters. The molecule has 35 heavy (non-hydrogen) atoms. The Morgan fingerprint density at radius 2 is 1.63 bits per heavy atom. The molecular weight excluding hydrogens is 444 g/mol. The van der Waals surface area contributed by atoms with Crippen LogP contribution >= 0.6 is 0 Å². The van der Waals surface area contributed by atoms with Crippen LogP contribution in [-0.2, 0) is 19.9 Å². The van der Waals surface area contributed by atoms with Crippen LogP contribution in [0.3, 0.4) is 0 Å². The molecule has 0 radical (unpaired) electrons. The minimum Gasteiger partial charge on any atom is -0.474 e. The number of anilines is 1. The summed E-state index contributed by atoms with van der Waals surface area (Å²) in [7, 11) is 0. The van der Waals surface area contributed by atoms with Crippen LogP contribution < -0.4 is 9.64 Å². The number of carbonyl (C=O) groups excluding carboxylic acids is 2. The Bertz CT molecular complexity index is 1370. The van der Waals surface area contributed by atoms with E-state index in [0.29, 0.717) is 22.6 Å². The highest BCUT2D eigenvalue weighted by molar-refractivity contribution is 5.93. The topological polar surface area (TPSA) is 127 Å². The molecule has 0 N–H and O–H groups in total. The van der Waals surface area contributed by atoms with Gasteiger partial charge in [0.1, 0.15) is 29.5 Å². The highest BCUT2D eigenvalue weighted by Crippen LogP contribution is 2.47. The zero-order chi connectivity index (χ0) is 25.6. The summed E-state index contributed by atoms with van der Waals surface area (Å²) in [6.07, 6.45) is 3.08. The van der Waals surface area contributed by atoms with Crippen LogP contribution in [0.5, 0.6) is 5.75 Å². The second-order valence-electron chi connectivity index (χ2n) is 7.62. The van der Waals surface area contributed by atoms with Gasteiger partial charge in [-0.25, -0.2) is 0 Å². The van der Waals surface area contributed by atoms with Gasteiger partial charge >= 0.3 is 5.97 Å². The second-order valence-corrected chi connectivity index (χ2v) is 7.62. The zero-order valence-corrected chi connectivity index (χ0v) is 19.3. The zero-order valence-electron chi connectivity index (χ0n) is 19.3. The minimum absolute atomic E-state index is 0.00229. The van der Waals surface area contributed by atoms with E-state index in [4.69, 9.17) is 9.47 Å². The number of amides is 1. The molecule has 3 rings (SSSR count). The van der Waals surface area contributed by atoms with Gasteiger partial charge in [0, 0.05) is 31.3 Å². The summed E-state index contributed by atoms with van der Waals surface area (Å²) in [6, 6.07) is 21.0. The average molecular weight is 464 g/mol. The van der Waals surface area contributed by atoms with Crippen molar-refractivity contribution in [2.24, 2.45) is 0 Å². The lowest BCUT2D eigenvalue weighted by Crippen LogP contribution is -2.25. The fraction of sp³-hybridized carbons (Fsp3) is 0.148. The first-order chi connectivity index (χ1) is 16.7. The lowest BCUT2D eigenvalue weighted by molar-refractivity contribution is -0.131. The van der Waals surface area contributed by atoms with Gasteiger partial charge in [0.15, 0.2) is 16.9 Å². The minimum atomic E-state index is -1.29. The summed E-state index contributed by atoms with van der Waals surface area (Å²) in [6.45, 7) is 4.38. The maximum atomic E-state index is 12.3. The number of rotatable bonds is 5. The third-order valence-corrected chi connectivity index (χ3v) is 5.31. The van der Waals surface area contributed by atoms with E-state index in [0.717, 1.165) is 0 Å². The molecule has 0 bridgehead atoms. The first kappa shape index (κ1) is 24.5. The summed E-state index contributed by atoms with van der Waals surface area (Å²) in [5.74, 6) is -0.553. The number of hydrogen-bond acceptors (Lipinski definition) is 7. The Morgan fingerprint density at radius 3 is 2.14 bits per heavy atom. The van der Waals surface area contributed by atoms with Gasteiger partial charge in [-0.1, -0.05) is 30.3 Å². The summed E-state index contributed by atoms with van der Waals surface area (Å²) in [5.41, 5.74) is -0.0987. The fourth-order valence-corrected chi connectivity index (χ4v) is 3.66. The molecule has 1 heterocycles. The van der Waals surface area contributed by atoms with Crippen LogP contribution in [0.15, 0.2) is 89.4 Å². The van der Waals surface area contributed by atoms with Crippen LogP contribution in [0.4, 0.5) is 5.69 Å². The first-order valence-electron chi connectivity index (χ1n) is 10.5. The third kappa shape index (κ3) is 4.95. The van der Waals surface area contributed by atoms with Crippen LogP contribution in [0.2, 0.25) is 0 Å². The number of esters is 1. The monoisotopic (exact) mass is 464 g/mol. The first-order valence-corrected chi connectivity index (χ1v) is 10.5. The van der Waals surface area contributed by atoms with Crippen molar-refractivity contribution in [1.82, 2.24) is 0 Å². The molecule has 0 saturated carbocycles. The number of para-hydroxylation sites is 1. The Labute approximate surface area is 202 Å². The molecule has 0 aromatic heterocycles. The quantitative estimate of drug-likeness (QED) is 0.361. The van der Waals surface area contributed by atoms with Gasteiger partial charge in [-0.2, -0.15) is 15.8 Å². The van der Waals surface area contributed by atoms with E-state index < -0.39 is 11.6 Å². The van der Waals surface area contributed by atoms with Crippen molar-refractivity contribution in [3.63, 3.8) is 0 Å². The van der Waals surface area contributed by atoms with E-state index in [-0.39, 0.29) is 22.8 Å². The van der Waals surface area contributed by atoms with Crippen molar-refractivity contribution >= 4 is 17.6 Å². The van der Waals surface area contributed by atoms with Crippen molar-refractivity contribution in [2.75, 3.05) is 4.90 Å². The summed E-state index contributed by atoms with van der Waals surface area (Å²) in [4.78, 5) is 25.0. The number of nitrogens with zero attached hydrogens (tertiary/aromatic N) is 4. The van der Waals surface area contributed by atoms with Crippen molar-refractivity contribution in [3.05, 3.63) is 94.9 Å². The van der Waals surface area contributed by atoms with Crippen molar-refractivity contribution < 1.29 is 19.1 Å². The predicted octanol–water partition coefficient (Wildman–Crippen LogP) is 4.55. The van der Waals surface area contributed by atoms with Crippen molar-refractivity contribution in [3.8, 4) is 24.0 Å². The molecular formula is C27H20N4O4. The van der Waals surface area contributed by atoms with Crippen LogP contribution in [0.1, 0.15) is 26.3 Å². The van der Waals surface area contributed by atoms with Crippen LogP contribution in [0, 0.1) is 34.0 Å². The largest absolute Gasteiger partial charge is 0.474 e. The van der Waals surface area contributed by atoms with E-state index in [1.54, 1.807) is 73.7 Å². The highest BCUT2D eigenvalue weighted by atomic mass is 16.5. The number of benzene rings is 2. The molecule has 172 valence electrons. The van der Waals surface area contributed by atoms with Gasteiger partial charge in [0.25, 0.3) is 0 Å². The maximum Gasteiger partial charge on any atom is 0.308 e. The maximum absolute atomic E-state index is 12.3. The van der Waals surface area contributed by atoms with E-state index in [9.17, 15) is 25.4 Å². The molecule has 0 fully saturated rings. The summed E-state index contributed by atoms with van der Waals surface area (Å²) < 4.78 is 11.2. The molecule has 2 aromatic carbocycles. The van der Waals surface area contributed by atoms with Gasteiger partial charge in [-0.05, 0) is 42.8 Å². The normalized spacial score (nSPS) is 16.6. The lowest BCUT2D eigenvalue weighted by atomic mass is 9.86. The Kier molecular flexibility index (Phi) is 7.15. The molecule has 1 aliphatic rings. The van der Waals surface area contributed by atoms with Gasteiger partial charge < -0.3 is 9.47 Å². The molecule has 0 aliphatic carbocycles. The molecule has 0 saturated heterocycles. The Hall–Kier alpha value is -5.13.